The number of hydrogen-bond acceptors (Lipinski definition) is 2. The summed E-state index contributed by atoms with van der Waals surface area (Å²) in [4.78, 5) is 0. The summed E-state index contributed by atoms with van der Waals surface area (Å²) in [6, 6.07) is 0. The fourth-order valence-electron chi connectivity index (χ4n) is 1.94. The molecule has 2 nitrogen and oxygen atoms in total. The first-order chi connectivity index (χ1) is 10.1. The molecule has 0 spiro atoms. The lowest BCUT2D eigenvalue weighted by Gasteiger charge is -2.03. The van der Waals surface area contributed by atoms with Gasteiger partial charge in [-0.3, -0.25) is 0 Å². The monoisotopic (exact) mass is 294 g/mol. The van der Waals surface area contributed by atoms with Gasteiger partial charge >= 0.3 is 0 Å². The van der Waals surface area contributed by atoms with E-state index in [0.29, 0.717) is 6.61 Å². The summed E-state index contributed by atoms with van der Waals surface area (Å²) in [5.74, 6) is 0. The van der Waals surface area contributed by atoms with E-state index in [0.717, 1.165) is 38.7 Å². The third-order valence-corrected chi connectivity index (χ3v) is 3.37. The van der Waals surface area contributed by atoms with E-state index in [-0.39, 0.29) is 6.61 Å². The maximum Gasteiger partial charge on any atom is 0.0649 e. The molecule has 0 aromatic heterocycles. The van der Waals surface area contributed by atoms with Gasteiger partial charge in [-0.1, -0.05) is 34.9 Å². The minimum Gasteiger partial charge on any atom is -0.396 e. The average molecular weight is 294 g/mol. The van der Waals surface area contributed by atoms with Crippen LogP contribution in [0.3, 0.4) is 0 Å². The van der Waals surface area contributed by atoms with Crippen LogP contribution < -0.4 is 0 Å². The van der Waals surface area contributed by atoms with Crippen molar-refractivity contribution >= 4 is 0 Å². The van der Waals surface area contributed by atoms with Gasteiger partial charge in [0.05, 0.1) is 6.61 Å². The summed E-state index contributed by atoms with van der Waals surface area (Å²) in [6.45, 7) is 10.4. The van der Waals surface area contributed by atoms with Crippen LogP contribution in [0.15, 0.2) is 34.9 Å². The Morgan fingerprint density at radius 3 is 2.10 bits per heavy atom. The zero-order chi connectivity index (χ0) is 15.9. The molecular weight excluding hydrogens is 260 g/mol. The Morgan fingerprint density at radius 2 is 1.48 bits per heavy atom. The van der Waals surface area contributed by atoms with Crippen LogP contribution in [0, 0.1) is 0 Å². The molecule has 0 bridgehead atoms. The van der Waals surface area contributed by atoms with Crippen LogP contribution in [-0.4, -0.2) is 24.9 Å². The van der Waals surface area contributed by atoms with Gasteiger partial charge in [-0.25, -0.2) is 0 Å². The Bertz CT molecular complexity index is 333. The van der Waals surface area contributed by atoms with Crippen LogP contribution in [0.1, 0.15) is 66.2 Å². The van der Waals surface area contributed by atoms with Crippen molar-refractivity contribution in [2.75, 3.05) is 19.8 Å². The van der Waals surface area contributed by atoms with Crippen LogP contribution in [-0.2, 0) is 4.74 Å². The van der Waals surface area contributed by atoms with Crippen LogP contribution >= 0.6 is 0 Å². The summed E-state index contributed by atoms with van der Waals surface area (Å²) < 4.78 is 5.50. The zero-order valence-corrected chi connectivity index (χ0v) is 14.5. The van der Waals surface area contributed by atoms with E-state index >= 15 is 0 Å². The van der Waals surface area contributed by atoms with Crippen LogP contribution in [0.5, 0.6) is 0 Å². The molecule has 0 heterocycles. The molecule has 0 aliphatic heterocycles. The molecule has 1 N–H and O–H groups in total. The van der Waals surface area contributed by atoms with Crippen LogP contribution in [0.2, 0.25) is 0 Å². The normalized spacial score (nSPS) is 12.6. The van der Waals surface area contributed by atoms with Crippen molar-refractivity contribution in [2.45, 2.75) is 66.2 Å². The van der Waals surface area contributed by atoms with Crippen LogP contribution in [0.4, 0.5) is 0 Å². The first-order valence-corrected chi connectivity index (χ1v) is 8.19. The molecule has 21 heavy (non-hydrogen) atoms. The number of allylic oxidation sites excluding steroid dienone is 5. The van der Waals surface area contributed by atoms with E-state index in [1.807, 2.05) is 0 Å². The van der Waals surface area contributed by atoms with Gasteiger partial charge in [-0.05, 0) is 66.2 Å². The van der Waals surface area contributed by atoms with Gasteiger partial charge in [0, 0.05) is 13.2 Å². The number of unbranched alkanes of at least 4 members (excludes halogenated alkanes) is 1. The predicted octanol–water partition coefficient (Wildman–Crippen LogP) is 5.19. The molecule has 2 heteroatoms. The third kappa shape index (κ3) is 15.3. The Kier molecular flexibility index (Phi) is 13.5. The van der Waals surface area contributed by atoms with Gasteiger partial charge in [-0.15, -0.1) is 0 Å². The molecule has 0 saturated heterocycles. The highest BCUT2D eigenvalue weighted by atomic mass is 16.5. The summed E-state index contributed by atoms with van der Waals surface area (Å²) in [5, 5.41) is 8.66. The van der Waals surface area contributed by atoms with Crippen LogP contribution in [0.25, 0.3) is 0 Å². The number of aliphatic hydroxyl groups is 1. The molecule has 0 fully saturated rings. The van der Waals surface area contributed by atoms with Crippen molar-refractivity contribution in [3.05, 3.63) is 34.9 Å². The molecule has 0 saturated carbocycles. The Balaban J connectivity index is 3.71. The van der Waals surface area contributed by atoms with Gasteiger partial charge < -0.3 is 9.84 Å². The molecule has 0 radical (unpaired) electrons. The first-order valence-electron chi connectivity index (χ1n) is 8.19. The SMILES string of the molecule is CC(C)=CCCC(C)=CCCC(C)=CCOCCCCO. The molecule has 0 aliphatic carbocycles. The molecule has 0 unspecified atom stereocenters. The highest BCUT2D eigenvalue weighted by Gasteiger charge is 1.92. The summed E-state index contributed by atoms with van der Waals surface area (Å²) >= 11 is 0. The second kappa shape index (κ2) is 14.1. The highest BCUT2D eigenvalue weighted by Crippen LogP contribution is 2.11. The molecule has 0 aliphatic rings. The van der Waals surface area contributed by atoms with E-state index < -0.39 is 0 Å². The lowest BCUT2D eigenvalue weighted by Crippen LogP contribution is -1.96. The van der Waals surface area contributed by atoms with Gasteiger partial charge in [-0.2, -0.15) is 0 Å². The van der Waals surface area contributed by atoms with E-state index in [1.165, 1.54) is 23.1 Å². The van der Waals surface area contributed by atoms with Crippen molar-refractivity contribution in [3.63, 3.8) is 0 Å². The van der Waals surface area contributed by atoms with Crippen molar-refractivity contribution in [1.82, 2.24) is 0 Å². The minimum absolute atomic E-state index is 0.261. The van der Waals surface area contributed by atoms with Crippen molar-refractivity contribution in [2.24, 2.45) is 0 Å². The van der Waals surface area contributed by atoms with Crippen molar-refractivity contribution < 1.29 is 9.84 Å². The Morgan fingerprint density at radius 1 is 0.857 bits per heavy atom. The number of hydrogen-bond donors (Lipinski definition) is 1. The van der Waals surface area contributed by atoms with E-state index in [1.54, 1.807) is 0 Å². The smallest absolute Gasteiger partial charge is 0.0649 e. The fourth-order valence-corrected chi connectivity index (χ4v) is 1.94. The maximum absolute atomic E-state index is 8.66. The molecule has 0 aromatic carbocycles. The Labute approximate surface area is 131 Å². The quantitative estimate of drug-likeness (QED) is 0.396. The molecule has 0 amide bonds. The maximum atomic E-state index is 8.66. The first kappa shape index (κ1) is 20.1. The lowest BCUT2D eigenvalue weighted by molar-refractivity contribution is 0.150. The van der Waals surface area contributed by atoms with E-state index in [9.17, 15) is 0 Å². The van der Waals surface area contributed by atoms with Crippen molar-refractivity contribution in [3.8, 4) is 0 Å². The average Bonchev–Trinajstić information content (AvgIpc) is 2.42. The van der Waals surface area contributed by atoms with Crippen molar-refractivity contribution in [1.29, 1.82) is 0 Å². The third-order valence-electron chi connectivity index (χ3n) is 3.37. The largest absolute Gasteiger partial charge is 0.396 e. The summed E-state index contributed by atoms with van der Waals surface area (Å²) in [5.41, 5.74) is 4.28. The van der Waals surface area contributed by atoms with Gasteiger partial charge in [0.2, 0.25) is 0 Å². The predicted molar refractivity (Wildman–Crippen MR) is 92.6 cm³/mol. The molecule has 0 rings (SSSR count). The number of ether oxygens (including phenoxy) is 1. The Hall–Kier alpha value is -0.860. The van der Waals surface area contributed by atoms with Gasteiger partial charge in [0.1, 0.15) is 0 Å². The molecule has 0 aromatic rings. The second-order valence-electron chi connectivity index (χ2n) is 5.97. The van der Waals surface area contributed by atoms with Gasteiger partial charge in [0.15, 0.2) is 0 Å². The summed E-state index contributed by atoms with van der Waals surface area (Å²) in [7, 11) is 0. The number of rotatable bonds is 12. The molecular formula is C19H34O2. The minimum atomic E-state index is 0.261. The zero-order valence-electron chi connectivity index (χ0n) is 14.5. The van der Waals surface area contributed by atoms with E-state index in [4.69, 9.17) is 9.84 Å². The topological polar surface area (TPSA) is 29.5 Å². The standard InChI is InChI=1S/C19H34O2/c1-17(2)9-7-10-18(3)11-8-12-19(4)13-16-21-15-6-5-14-20/h9,11,13,20H,5-8,10,12,14-16H2,1-4H3. The fraction of sp³-hybridized carbons (Fsp3) is 0.684. The van der Waals surface area contributed by atoms with Gasteiger partial charge in [0.25, 0.3) is 0 Å². The van der Waals surface area contributed by atoms with E-state index in [2.05, 4.69) is 45.9 Å². The highest BCUT2D eigenvalue weighted by molar-refractivity contribution is 5.05. The molecule has 122 valence electrons. The lowest BCUT2D eigenvalue weighted by atomic mass is 10.1. The molecule has 0 atom stereocenters. The summed E-state index contributed by atoms with van der Waals surface area (Å²) in [6.07, 6.45) is 13.2. The number of aliphatic hydroxyl groups excluding tert-OH is 1. The second-order valence-corrected chi connectivity index (χ2v) is 5.97.